The number of benzene rings is 2. The summed E-state index contributed by atoms with van der Waals surface area (Å²) in [5.74, 6) is 0.291. The standard InChI is InChI=1S/C19H21NO4S/c1-12-4-9-17-16(11-12)19-15(3-2-10-24-19)18(20-17)13-5-7-14(8-6-13)25(21,22)23/h4-9,11,15,18-20H,2-3,10H2,1H3,(H,21,22,23)/t15-,18-,19-/m1/s1. The third kappa shape index (κ3) is 3.05. The van der Waals surface area contributed by atoms with Gasteiger partial charge in [0, 0.05) is 23.8 Å². The molecule has 2 aromatic carbocycles. The highest BCUT2D eigenvalue weighted by molar-refractivity contribution is 7.85. The Bertz CT molecular complexity index is 892. The van der Waals surface area contributed by atoms with Gasteiger partial charge in [0.05, 0.1) is 17.0 Å². The summed E-state index contributed by atoms with van der Waals surface area (Å²) in [7, 11) is -4.17. The zero-order chi connectivity index (χ0) is 17.6. The molecular formula is C19H21NO4S. The van der Waals surface area contributed by atoms with Crippen LogP contribution in [0.3, 0.4) is 0 Å². The van der Waals surface area contributed by atoms with E-state index in [2.05, 4.69) is 30.4 Å². The van der Waals surface area contributed by atoms with Gasteiger partial charge in [0.15, 0.2) is 0 Å². The second kappa shape index (κ2) is 6.12. The summed E-state index contributed by atoms with van der Waals surface area (Å²) in [5, 5.41) is 3.61. The molecule has 3 atom stereocenters. The van der Waals surface area contributed by atoms with E-state index in [4.69, 9.17) is 4.74 Å². The molecule has 1 fully saturated rings. The van der Waals surface area contributed by atoms with Gasteiger partial charge in [-0.2, -0.15) is 8.42 Å². The number of rotatable bonds is 2. The Labute approximate surface area is 147 Å². The van der Waals surface area contributed by atoms with Gasteiger partial charge in [-0.3, -0.25) is 4.55 Å². The molecule has 2 aliphatic heterocycles. The van der Waals surface area contributed by atoms with E-state index >= 15 is 0 Å². The average molecular weight is 359 g/mol. The molecule has 6 heteroatoms. The second-order valence-electron chi connectivity index (χ2n) is 6.85. The lowest BCUT2D eigenvalue weighted by Crippen LogP contribution is -2.36. The molecule has 4 rings (SSSR count). The lowest BCUT2D eigenvalue weighted by Gasteiger charge is -2.43. The summed E-state index contributed by atoms with van der Waals surface area (Å²) in [6, 6.07) is 12.8. The molecule has 0 radical (unpaired) electrons. The first kappa shape index (κ1) is 16.6. The molecule has 1 saturated heterocycles. The van der Waals surface area contributed by atoms with Gasteiger partial charge in [0.2, 0.25) is 0 Å². The van der Waals surface area contributed by atoms with Crippen LogP contribution >= 0.6 is 0 Å². The van der Waals surface area contributed by atoms with E-state index in [0.29, 0.717) is 5.92 Å². The maximum Gasteiger partial charge on any atom is 0.294 e. The highest BCUT2D eigenvalue weighted by Crippen LogP contribution is 2.49. The molecule has 5 nitrogen and oxygen atoms in total. The number of aryl methyl sites for hydroxylation is 1. The van der Waals surface area contributed by atoms with Crippen molar-refractivity contribution in [1.29, 1.82) is 0 Å². The van der Waals surface area contributed by atoms with Gasteiger partial charge >= 0.3 is 0 Å². The fourth-order valence-electron chi connectivity index (χ4n) is 3.97. The second-order valence-corrected chi connectivity index (χ2v) is 8.28. The molecule has 0 spiro atoms. The summed E-state index contributed by atoms with van der Waals surface area (Å²) in [6.07, 6.45) is 2.12. The number of nitrogens with one attached hydrogen (secondary N) is 1. The zero-order valence-corrected chi connectivity index (χ0v) is 14.8. The third-order valence-electron chi connectivity index (χ3n) is 5.16. The highest BCUT2D eigenvalue weighted by Gasteiger charge is 2.39. The van der Waals surface area contributed by atoms with Crippen LogP contribution in [-0.4, -0.2) is 19.6 Å². The lowest BCUT2D eigenvalue weighted by molar-refractivity contribution is -0.0381. The average Bonchev–Trinajstić information content (AvgIpc) is 2.60. The van der Waals surface area contributed by atoms with Crippen molar-refractivity contribution in [2.45, 2.75) is 36.8 Å². The van der Waals surface area contributed by atoms with Crippen molar-refractivity contribution < 1.29 is 17.7 Å². The Kier molecular flexibility index (Phi) is 4.06. The smallest absolute Gasteiger partial charge is 0.294 e. The first-order valence-electron chi connectivity index (χ1n) is 8.49. The maximum absolute atomic E-state index is 11.3. The van der Waals surface area contributed by atoms with E-state index in [0.717, 1.165) is 30.7 Å². The van der Waals surface area contributed by atoms with Crippen LogP contribution in [0.4, 0.5) is 5.69 Å². The Morgan fingerprint density at radius 2 is 1.92 bits per heavy atom. The SMILES string of the molecule is Cc1ccc2c(c1)[C@@H]1OCCC[C@@H]1[C@@H](c1ccc(S(=O)(=O)O)cc1)N2. The molecule has 0 saturated carbocycles. The third-order valence-corrected chi connectivity index (χ3v) is 6.03. The first-order valence-corrected chi connectivity index (χ1v) is 9.93. The van der Waals surface area contributed by atoms with Crippen molar-refractivity contribution in [2.24, 2.45) is 5.92 Å². The van der Waals surface area contributed by atoms with Gasteiger partial charge in [-0.25, -0.2) is 0 Å². The van der Waals surface area contributed by atoms with Crippen LogP contribution in [0.2, 0.25) is 0 Å². The fraction of sp³-hybridized carbons (Fsp3) is 0.368. The number of ether oxygens (including phenoxy) is 1. The van der Waals surface area contributed by atoms with Crippen molar-refractivity contribution in [3.8, 4) is 0 Å². The quantitative estimate of drug-likeness (QED) is 0.796. The van der Waals surface area contributed by atoms with E-state index in [1.807, 2.05) is 0 Å². The summed E-state index contributed by atoms with van der Waals surface area (Å²) >= 11 is 0. The molecule has 2 aliphatic rings. The van der Waals surface area contributed by atoms with Crippen LogP contribution in [0.5, 0.6) is 0 Å². The van der Waals surface area contributed by atoms with E-state index in [-0.39, 0.29) is 17.0 Å². The number of fused-ring (bicyclic) bond motifs is 3. The van der Waals surface area contributed by atoms with Crippen LogP contribution in [0.25, 0.3) is 0 Å². The molecule has 132 valence electrons. The zero-order valence-electron chi connectivity index (χ0n) is 14.0. The van der Waals surface area contributed by atoms with Crippen molar-refractivity contribution >= 4 is 15.8 Å². The Balaban J connectivity index is 1.73. The van der Waals surface area contributed by atoms with Gasteiger partial charge in [0.25, 0.3) is 10.1 Å². The van der Waals surface area contributed by atoms with Crippen molar-refractivity contribution in [3.63, 3.8) is 0 Å². The van der Waals surface area contributed by atoms with E-state index in [1.165, 1.54) is 23.3 Å². The number of hydrogen-bond donors (Lipinski definition) is 2. The van der Waals surface area contributed by atoms with Crippen LogP contribution in [-0.2, 0) is 14.9 Å². The molecule has 25 heavy (non-hydrogen) atoms. The van der Waals surface area contributed by atoms with Crippen LogP contribution in [0, 0.1) is 12.8 Å². The predicted octanol–water partition coefficient (Wildman–Crippen LogP) is 3.88. The monoisotopic (exact) mass is 359 g/mol. The summed E-state index contributed by atoms with van der Waals surface area (Å²) in [4.78, 5) is -0.0838. The van der Waals surface area contributed by atoms with E-state index in [1.54, 1.807) is 12.1 Å². The van der Waals surface area contributed by atoms with Crippen LogP contribution < -0.4 is 5.32 Å². The summed E-state index contributed by atoms with van der Waals surface area (Å²) < 4.78 is 37.8. The lowest BCUT2D eigenvalue weighted by atomic mass is 9.77. The Morgan fingerprint density at radius 3 is 2.64 bits per heavy atom. The normalized spacial score (nSPS) is 25.6. The van der Waals surface area contributed by atoms with Crippen molar-refractivity contribution in [3.05, 3.63) is 59.2 Å². The molecule has 2 aromatic rings. The minimum Gasteiger partial charge on any atom is -0.378 e. The number of hydrogen-bond acceptors (Lipinski definition) is 4. The highest BCUT2D eigenvalue weighted by atomic mass is 32.2. The summed E-state index contributed by atoms with van der Waals surface area (Å²) in [6.45, 7) is 2.85. The van der Waals surface area contributed by atoms with Crippen molar-refractivity contribution in [2.75, 3.05) is 11.9 Å². The summed E-state index contributed by atoms with van der Waals surface area (Å²) in [5.41, 5.74) is 4.48. The molecule has 0 aromatic heterocycles. The number of anilines is 1. The Hall–Kier alpha value is -1.89. The van der Waals surface area contributed by atoms with Gasteiger partial charge in [-0.15, -0.1) is 0 Å². The maximum atomic E-state index is 11.3. The fourth-order valence-corrected chi connectivity index (χ4v) is 4.45. The minimum atomic E-state index is -4.17. The first-order chi connectivity index (χ1) is 11.9. The van der Waals surface area contributed by atoms with Gasteiger partial charge < -0.3 is 10.1 Å². The van der Waals surface area contributed by atoms with Crippen LogP contribution in [0.1, 0.15) is 41.7 Å². The molecular weight excluding hydrogens is 338 g/mol. The molecule has 0 amide bonds. The minimum absolute atomic E-state index is 0.0518. The molecule has 0 bridgehead atoms. The molecule has 0 unspecified atom stereocenters. The van der Waals surface area contributed by atoms with Crippen LogP contribution in [0.15, 0.2) is 47.4 Å². The van der Waals surface area contributed by atoms with E-state index < -0.39 is 10.1 Å². The molecule has 2 N–H and O–H groups in total. The Morgan fingerprint density at radius 1 is 1.16 bits per heavy atom. The van der Waals surface area contributed by atoms with Gasteiger partial charge in [0.1, 0.15) is 0 Å². The van der Waals surface area contributed by atoms with E-state index in [9.17, 15) is 13.0 Å². The largest absolute Gasteiger partial charge is 0.378 e. The van der Waals surface area contributed by atoms with Gasteiger partial charge in [-0.1, -0.05) is 29.8 Å². The van der Waals surface area contributed by atoms with Gasteiger partial charge in [-0.05, 0) is 43.5 Å². The molecule has 0 aliphatic carbocycles. The van der Waals surface area contributed by atoms with Crippen molar-refractivity contribution in [1.82, 2.24) is 0 Å². The topological polar surface area (TPSA) is 75.6 Å². The molecule has 2 heterocycles. The predicted molar refractivity (Wildman–Crippen MR) is 95.2 cm³/mol.